The minimum absolute atomic E-state index is 0. The second-order valence-electron chi connectivity index (χ2n) is 9.75. The van der Waals surface area contributed by atoms with Crippen LogP contribution in [0.1, 0.15) is 68.2 Å². The maximum atomic E-state index is 13.2. The molecule has 1 rings (SSSR count). The molecule has 8 nitrogen and oxygen atoms in total. The van der Waals surface area contributed by atoms with E-state index < -0.39 is 97.7 Å². The molecule has 0 aliphatic heterocycles. The van der Waals surface area contributed by atoms with Gasteiger partial charge in [-0.2, -0.15) is 22.0 Å². The van der Waals surface area contributed by atoms with Gasteiger partial charge in [-0.15, -0.1) is 0 Å². The zero-order valence-corrected chi connectivity index (χ0v) is 21.3. The molecule has 1 aliphatic rings. The zero-order chi connectivity index (χ0) is 29.5. The third-order valence-corrected chi connectivity index (χ3v) is 6.06. The van der Waals surface area contributed by atoms with Gasteiger partial charge in [0.1, 0.15) is 13.2 Å². The number of hydrogen-bond acceptors (Lipinski definition) is 8. The van der Waals surface area contributed by atoms with Crippen LogP contribution in [0.4, 0.5) is 30.7 Å². The van der Waals surface area contributed by atoms with E-state index in [9.17, 15) is 49.9 Å². The van der Waals surface area contributed by atoms with Crippen molar-refractivity contribution in [1.82, 2.24) is 0 Å². The van der Waals surface area contributed by atoms with E-state index in [1.165, 1.54) is 0 Å². The largest absolute Gasteiger partial charge is 0.462 e. The molecule has 0 aromatic heterocycles. The molecule has 0 aromatic rings. The number of halogens is 7. The molecule has 40 heavy (non-hydrogen) atoms. The highest BCUT2D eigenvalue weighted by Crippen LogP contribution is 2.39. The van der Waals surface area contributed by atoms with Crippen molar-refractivity contribution in [2.24, 2.45) is 23.2 Å². The fourth-order valence-corrected chi connectivity index (χ4v) is 3.32. The molecular formula is C25H39F7O8. The van der Waals surface area contributed by atoms with E-state index in [2.05, 4.69) is 9.47 Å². The first-order valence-electron chi connectivity index (χ1n) is 11.7. The standard InChI is InChI=1S/C23H31F7O8.2CH4/c1-5-20(2,3)19(34)36-9-8-35-18(33)15-10-13(16(31)37-11-21(4,24)25)6-7-14(15)17(32)38-12-22(26,27)23(28,29)30;;/h13-15H,5-12H2,1-4H3;2*1H4. The van der Waals surface area contributed by atoms with Crippen LogP contribution in [0.15, 0.2) is 0 Å². The number of carbonyl (C=O) groups is 4. The summed E-state index contributed by atoms with van der Waals surface area (Å²) in [5.41, 5.74) is -0.816. The van der Waals surface area contributed by atoms with Crippen LogP contribution in [0.3, 0.4) is 0 Å². The first-order valence-corrected chi connectivity index (χ1v) is 11.7. The van der Waals surface area contributed by atoms with E-state index in [0.29, 0.717) is 13.3 Å². The summed E-state index contributed by atoms with van der Waals surface area (Å²) in [5, 5.41) is 0. The molecule has 0 spiro atoms. The summed E-state index contributed by atoms with van der Waals surface area (Å²) in [5.74, 6) is -17.4. The summed E-state index contributed by atoms with van der Waals surface area (Å²) in [4.78, 5) is 49.2. The lowest BCUT2D eigenvalue weighted by molar-refractivity contribution is -0.294. The first-order chi connectivity index (χ1) is 17.2. The molecule has 3 unspecified atom stereocenters. The van der Waals surface area contributed by atoms with E-state index >= 15 is 0 Å². The molecule has 1 aliphatic carbocycles. The van der Waals surface area contributed by atoms with Crippen molar-refractivity contribution in [1.29, 1.82) is 0 Å². The van der Waals surface area contributed by atoms with Crippen molar-refractivity contribution >= 4 is 23.9 Å². The molecule has 0 radical (unpaired) electrons. The lowest BCUT2D eigenvalue weighted by Gasteiger charge is -2.33. The number of carbonyl (C=O) groups excluding carboxylic acids is 4. The number of rotatable bonds is 12. The van der Waals surface area contributed by atoms with Crippen LogP contribution in [0, 0.1) is 23.2 Å². The summed E-state index contributed by atoms with van der Waals surface area (Å²) >= 11 is 0. The Morgan fingerprint density at radius 2 is 1.20 bits per heavy atom. The summed E-state index contributed by atoms with van der Waals surface area (Å²) < 4.78 is 108. The number of esters is 4. The predicted molar refractivity (Wildman–Crippen MR) is 127 cm³/mol. The van der Waals surface area contributed by atoms with Gasteiger partial charge >= 0.3 is 36.0 Å². The van der Waals surface area contributed by atoms with Crippen molar-refractivity contribution < 1.29 is 68.9 Å². The summed E-state index contributed by atoms with van der Waals surface area (Å²) in [7, 11) is 0. The predicted octanol–water partition coefficient (Wildman–Crippen LogP) is 5.75. The van der Waals surface area contributed by atoms with Gasteiger partial charge in [-0.1, -0.05) is 21.8 Å². The van der Waals surface area contributed by atoms with Crippen LogP contribution in [0.25, 0.3) is 0 Å². The monoisotopic (exact) mass is 600 g/mol. The quantitative estimate of drug-likeness (QED) is 0.121. The van der Waals surface area contributed by atoms with Crippen molar-refractivity contribution in [3.8, 4) is 0 Å². The van der Waals surface area contributed by atoms with Crippen LogP contribution in [-0.2, 0) is 38.1 Å². The van der Waals surface area contributed by atoms with Crippen LogP contribution in [0.5, 0.6) is 0 Å². The van der Waals surface area contributed by atoms with Crippen molar-refractivity contribution in [2.75, 3.05) is 26.4 Å². The van der Waals surface area contributed by atoms with Gasteiger partial charge in [-0.25, -0.2) is 8.78 Å². The zero-order valence-electron chi connectivity index (χ0n) is 21.3. The molecule has 0 bridgehead atoms. The van der Waals surface area contributed by atoms with E-state index in [0.717, 1.165) is 0 Å². The fraction of sp³-hybridized carbons (Fsp3) is 0.840. The third-order valence-electron chi connectivity index (χ3n) is 6.06. The van der Waals surface area contributed by atoms with Crippen LogP contribution < -0.4 is 0 Å². The average Bonchev–Trinajstić information content (AvgIpc) is 2.81. The molecule has 0 saturated heterocycles. The average molecular weight is 601 g/mol. The Kier molecular flexibility index (Phi) is 15.2. The van der Waals surface area contributed by atoms with Crippen LogP contribution in [-0.4, -0.2) is 68.3 Å². The van der Waals surface area contributed by atoms with Crippen molar-refractivity contribution in [3.63, 3.8) is 0 Å². The lowest BCUT2D eigenvalue weighted by Crippen LogP contribution is -2.44. The van der Waals surface area contributed by atoms with Crippen LogP contribution >= 0.6 is 0 Å². The molecular weight excluding hydrogens is 561 g/mol. The Labute approximate surface area is 229 Å². The van der Waals surface area contributed by atoms with Gasteiger partial charge in [0.25, 0.3) is 5.92 Å². The highest BCUT2D eigenvalue weighted by Gasteiger charge is 2.59. The number of ether oxygens (including phenoxy) is 4. The van der Waals surface area contributed by atoms with Crippen molar-refractivity contribution in [3.05, 3.63) is 0 Å². The van der Waals surface area contributed by atoms with Gasteiger partial charge in [-0.3, -0.25) is 19.2 Å². The lowest BCUT2D eigenvalue weighted by atomic mass is 9.74. The van der Waals surface area contributed by atoms with Gasteiger partial charge in [0.15, 0.2) is 13.2 Å². The van der Waals surface area contributed by atoms with Gasteiger partial charge < -0.3 is 18.9 Å². The van der Waals surface area contributed by atoms with E-state index in [-0.39, 0.29) is 27.9 Å². The summed E-state index contributed by atoms with van der Waals surface area (Å²) in [6, 6.07) is 0. The molecule has 0 heterocycles. The Morgan fingerprint density at radius 1 is 0.700 bits per heavy atom. The summed E-state index contributed by atoms with van der Waals surface area (Å²) in [6.07, 6.45) is -6.66. The molecule has 1 fully saturated rings. The third kappa shape index (κ3) is 11.9. The highest BCUT2D eigenvalue weighted by atomic mass is 19.4. The Bertz CT molecular complexity index is 853. The Morgan fingerprint density at radius 3 is 1.70 bits per heavy atom. The maximum absolute atomic E-state index is 13.2. The van der Waals surface area contributed by atoms with Gasteiger partial charge in [0.05, 0.1) is 23.2 Å². The second kappa shape index (κ2) is 15.4. The minimum atomic E-state index is -5.99. The number of alkyl halides is 7. The topological polar surface area (TPSA) is 105 Å². The number of hydrogen-bond donors (Lipinski definition) is 0. The Hall–Kier alpha value is -2.61. The van der Waals surface area contributed by atoms with Gasteiger partial charge in [0.2, 0.25) is 0 Å². The van der Waals surface area contributed by atoms with Crippen molar-refractivity contribution in [2.45, 2.75) is 86.3 Å². The maximum Gasteiger partial charge on any atom is 0.456 e. The Balaban J connectivity index is 0. The fourth-order valence-electron chi connectivity index (χ4n) is 3.32. The molecule has 3 atom stereocenters. The molecule has 0 amide bonds. The SMILES string of the molecule is C.C.CCC(C)(C)C(=O)OCCOC(=O)C1CC(C(=O)OCC(C)(F)F)CCC1C(=O)OCC(F)(F)C(F)(F)F. The summed E-state index contributed by atoms with van der Waals surface area (Å²) in [6.45, 7) is 1.03. The van der Waals surface area contributed by atoms with E-state index in [4.69, 9.17) is 9.47 Å². The molecule has 236 valence electrons. The minimum Gasteiger partial charge on any atom is -0.462 e. The molecule has 0 N–H and O–H groups in total. The van der Waals surface area contributed by atoms with Crippen LogP contribution in [0.2, 0.25) is 0 Å². The normalized spacial score (nSPS) is 19.8. The van der Waals surface area contributed by atoms with Gasteiger partial charge in [0, 0.05) is 6.92 Å². The first kappa shape index (κ1) is 39.5. The van der Waals surface area contributed by atoms with E-state index in [1.54, 1.807) is 20.8 Å². The molecule has 15 heteroatoms. The molecule has 1 saturated carbocycles. The highest BCUT2D eigenvalue weighted by molar-refractivity contribution is 5.84. The van der Waals surface area contributed by atoms with Gasteiger partial charge in [-0.05, 0) is 39.5 Å². The van der Waals surface area contributed by atoms with E-state index in [1.807, 2.05) is 0 Å². The smallest absolute Gasteiger partial charge is 0.456 e. The molecule has 0 aromatic carbocycles. The second-order valence-corrected chi connectivity index (χ2v) is 9.75.